The molecule has 0 atom stereocenters. The number of amides is 1. The highest BCUT2D eigenvalue weighted by Crippen LogP contribution is 2.06. The Morgan fingerprint density at radius 1 is 1.18 bits per heavy atom. The zero-order valence-electron chi connectivity index (χ0n) is 9.35. The Hall–Kier alpha value is -2.37. The number of hydrogen-bond donors (Lipinski definition) is 1. The van der Waals surface area contributed by atoms with E-state index in [1.807, 2.05) is 0 Å². The number of carbonyl (C=O) groups is 2. The van der Waals surface area contributed by atoms with Crippen LogP contribution in [-0.4, -0.2) is 26.1 Å². The maximum atomic E-state index is 11.8. The third-order valence-electron chi connectivity index (χ3n) is 1.93. The zero-order chi connectivity index (χ0) is 12.8. The molecular formula is C11H11NO5. The molecule has 0 aromatic heterocycles. The van der Waals surface area contributed by atoms with Crippen LogP contribution in [0, 0.1) is 0 Å². The monoisotopic (exact) mass is 237 g/mol. The fourth-order valence-corrected chi connectivity index (χ4v) is 1.10. The standard InChI is InChI=1S/C11H11NO5/c1-16-8-6-4-3-5-7(9(8)13)12-10(14)11(15)17-2/h3-6H,1-2H3,(H,12,13,14). The third-order valence-corrected chi connectivity index (χ3v) is 1.93. The topological polar surface area (TPSA) is 81.7 Å². The molecule has 0 unspecified atom stereocenters. The zero-order valence-corrected chi connectivity index (χ0v) is 9.35. The lowest BCUT2D eigenvalue weighted by Gasteiger charge is -2.01. The first kappa shape index (κ1) is 12.7. The largest absolute Gasteiger partial charge is 0.493 e. The summed E-state index contributed by atoms with van der Waals surface area (Å²) in [6.45, 7) is 0. The fourth-order valence-electron chi connectivity index (χ4n) is 1.10. The Bertz CT molecular complexity index is 497. The Balaban J connectivity index is 3.09. The normalized spacial score (nSPS) is 9.29. The van der Waals surface area contributed by atoms with Crippen molar-refractivity contribution < 1.29 is 19.1 Å². The molecule has 0 saturated carbocycles. The van der Waals surface area contributed by atoms with Crippen molar-refractivity contribution in [3.05, 3.63) is 34.5 Å². The van der Waals surface area contributed by atoms with Gasteiger partial charge in [-0.3, -0.25) is 9.59 Å². The van der Waals surface area contributed by atoms with Crippen LogP contribution >= 0.6 is 0 Å². The maximum absolute atomic E-state index is 11.8. The van der Waals surface area contributed by atoms with Gasteiger partial charge in [0.15, 0.2) is 5.75 Å². The molecule has 6 nitrogen and oxygen atoms in total. The summed E-state index contributed by atoms with van der Waals surface area (Å²) in [6.07, 6.45) is 0. The second kappa shape index (κ2) is 5.64. The van der Waals surface area contributed by atoms with Crippen LogP contribution in [-0.2, 0) is 14.3 Å². The second-order valence-electron chi connectivity index (χ2n) is 2.98. The molecule has 0 spiro atoms. The number of hydrogen-bond acceptors (Lipinski definition) is 5. The van der Waals surface area contributed by atoms with Gasteiger partial charge in [0.2, 0.25) is 5.43 Å². The summed E-state index contributed by atoms with van der Waals surface area (Å²) < 4.78 is 9.05. The van der Waals surface area contributed by atoms with E-state index in [0.717, 1.165) is 7.11 Å². The number of rotatable bonds is 2. The minimum absolute atomic E-state index is 0.0535. The molecule has 6 heteroatoms. The number of esters is 1. The Morgan fingerprint density at radius 2 is 1.82 bits per heavy atom. The van der Waals surface area contributed by atoms with E-state index in [4.69, 9.17) is 4.74 Å². The van der Waals surface area contributed by atoms with E-state index in [-0.39, 0.29) is 11.4 Å². The van der Waals surface area contributed by atoms with Crippen molar-refractivity contribution in [2.24, 2.45) is 0 Å². The van der Waals surface area contributed by atoms with Crippen LogP contribution in [0.25, 0.3) is 0 Å². The van der Waals surface area contributed by atoms with Crippen molar-refractivity contribution >= 4 is 17.6 Å². The van der Waals surface area contributed by atoms with Gasteiger partial charge in [0.05, 0.1) is 19.9 Å². The molecule has 1 amide bonds. The summed E-state index contributed by atoms with van der Waals surface area (Å²) >= 11 is 0. The van der Waals surface area contributed by atoms with Gasteiger partial charge in [-0.2, -0.15) is 0 Å². The maximum Gasteiger partial charge on any atom is 0.396 e. The van der Waals surface area contributed by atoms with Gasteiger partial charge in [-0.15, -0.1) is 0 Å². The van der Waals surface area contributed by atoms with E-state index in [0.29, 0.717) is 0 Å². The number of anilines is 1. The molecule has 0 saturated heterocycles. The molecule has 17 heavy (non-hydrogen) atoms. The Labute approximate surface area is 97.2 Å². The summed E-state index contributed by atoms with van der Waals surface area (Å²) in [6, 6.07) is 5.94. The van der Waals surface area contributed by atoms with Crippen LogP contribution in [0.3, 0.4) is 0 Å². The van der Waals surface area contributed by atoms with Crippen molar-refractivity contribution in [2.75, 3.05) is 19.5 Å². The van der Waals surface area contributed by atoms with Crippen LogP contribution in [0.4, 0.5) is 5.69 Å². The first-order valence-electron chi connectivity index (χ1n) is 4.66. The fraction of sp³-hybridized carbons (Fsp3) is 0.182. The molecule has 1 aromatic carbocycles. The van der Waals surface area contributed by atoms with Gasteiger partial charge in [0.1, 0.15) is 0 Å². The minimum atomic E-state index is -1.07. The minimum Gasteiger partial charge on any atom is -0.493 e. The van der Waals surface area contributed by atoms with Crippen LogP contribution in [0.2, 0.25) is 0 Å². The molecule has 1 aromatic rings. The van der Waals surface area contributed by atoms with Crippen molar-refractivity contribution in [1.82, 2.24) is 0 Å². The van der Waals surface area contributed by atoms with Crippen molar-refractivity contribution in [1.29, 1.82) is 0 Å². The SMILES string of the molecule is COC(=O)C(=O)Nc1ccccc(OC)c1=O. The van der Waals surface area contributed by atoms with Crippen molar-refractivity contribution in [2.45, 2.75) is 0 Å². The number of carbonyl (C=O) groups excluding carboxylic acids is 2. The molecule has 0 aliphatic carbocycles. The molecule has 0 aliphatic heterocycles. The lowest BCUT2D eigenvalue weighted by atomic mass is 10.4. The van der Waals surface area contributed by atoms with Gasteiger partial charge in [-0.05, 0) is 12.1 Å². The summed E-state index contributed by atoms with van der Waals surface area (Å²) in [5, 5.41) is 2.15. The molecule has 0 radical (unpaired) electrons. The molecular weight excluding hydrogens is 226 g/mol. The van der Waals surface area contributed by atoms with Gasteiger partial charge < -0.3 is 14.8 Å². The molecule has 90 valence electrons. The number of methoxy groups -OCH3 is 2. The van der Waals surface area contributed by atoms with Crippen LogP contribution in [0.1, 0.15) is 0 Å². The highest BCUT2D eigenvalue weighted by Gasteiger charge is 2.15. The van der Waals surface area contributed by atoms with E-state index < -0.39 is 17.3 Å². The average molecular weight is 237 g/mol. The van der Waals surface area contributed by atoms with Crippen LogP contribution in [0.5, 0.6) is 5.75 Å². The van der Waals surface area contributed by atoms with E-state index in [2.05, 4.69) is 10.1 Å². The summed E-state index contributed by atoms with van der Waals surface area (Å²) in [7, 11) is 2.41. The smallest absolute Gasteiger partial charge is 0.396 e. The van der Waals surface area contributed by atoms with E-state index in [9.17, 15) is 14.4 Å². The van der Waals surface area contributed by atoms with Gasteiger partial charge in [0, 0.05) is 0 Å². The van der Waals surface area contributed by atoms with Crippen molar-refractivity contribution in [3.8, 4) is 5.75 Å². The number of nitrogens with one attached hydrogen (secondary N) is 1. The van der Waals surface area contributed by atoms with Gasteiger partial charge in [-0.1, -0.05) is 12.1 Å². The van der Waals surface area contributed by atoms with Gasteiger partial charge >= 0.3 is 11.9 Å². The quantitative estimate of drug-likeness (QED) is 0.585. The number of ether oxygens (including phenoxy) is 2. The Morgan fingerprint density at radius 3 is 2.41 bits per heavy atom. The molecule has 1 rings (SSSR count). The average Bonchev–Trinajstić information content (AvgIpc) is 2.51. The van der Waals surface area contributed by atoms with E-state index in [1.165, 1.54) is 25.3 Å². The first-order valence-corrected chi connectivity index (χ1v) is 4.66. The second-order valence-corrected chi connectivity index (χ2v) is 2.98. The van der Waals surface area contributed by atoms with Crippen molar-refractivity contribution in [3.63, 3.8) is 0 Å². The molecule has 1 N–H and O–H groups in total. The lowest BCUT2D eigenvalue weighted by Crippen LogP contribution is -2.26. The highest BCUT2D eigenvalue weighted by molar-refractivity contribution is 6.37. The first-order chi connectivity index (χ1) is 8.10. The van der Waals surface area contributed by atoms with E-state index >= 15 is 0 Å². The predicted octanol–water partition coefficient (Wildman–Crippen LogP) is 0.167. The van der Waals surface area contributed by atoms with Gasteiger partial charge in [-0.25, -0.2) is 4.79 Å². The molecule has 0 fully saturated rings. The lowest BCUT2D eigenvalue weighted by molar-refractivity contribution is -0.150. The third kappa shape index (κ3) is 3.04. The van der Waals surface area contributed by atoms with Crippen LogP contribution in [0.15, 0.2) is 29.1 Å². The predicted molar refractivity (Wildman–Crippen MR) is 59.9 cm³/mol. The molecule has 0 aliphatic rings. The van der Waals surface area contributed by atoms with Crippen LogP contribution < -0.4 is 15.5 Å². The van der Waals surface area contributed by atoms with Gasteiger partial charge in [0.25, 0.3) is 0 Å². The molecule has 0 heterocycles. The Kier molecular flexibility index (Phi) is 4.21. The summed E-state index contributed by atoms with van der Waals surface area (Å²) in [5.74, 6) is -2.03. The highest BCUT2D eigenvalue weighted by atomic mass is 16.5. The summed E-state index contributed by atoms with van der Waals surface area (Å²) in [5.41, 5.74) is -0.572. The van der Waals surface area contributed by atoms with E-state index in [1.54, 1.807) is 6.07 Å². The molecule has 0 bridgehead atoms. The summed E-state index contributed by atoms with van der Waals surface area (Å²) in [4.78, 5) is 33.9.